The van der Waals surface area contributed by atoms with E-state index in [1.807, 2.05) is 0 Å². The molecule has 0 saturated heterocycles. The van der Waals surface area contributed by atoms with Crippen LogP contribution in [0.15, 0.2) is 13.6 Å². The van der Waals surface area contributed by atoms with Crippen molar-refractivity contribution in [1.82, 2.24) is 0 Å². The molecule has 0 fully saturated rings. The van der Waals surface area contributed by atoms with Crippen molar-refractivity contribution in [2.24, 2.45) is 0 Å². The Hall–Kier alpha value is -1.72. The quantitative estimate of drug-likeness (QED) is 0.605. The van der Waals surface area contributed by atoms with Crippen LogP contribution in [0, 0.1) is 6.92 Å². The highest BCUT2D eigenvalue weighted by Gasteiger charge is 2.12. The van der Waals surface area contributed by atoms with Gasteiger partial charge in [0.25, 0.3) is 0 Å². The zero-order chi connectivity index (χ0) is 8.43. The SMILES string of the molecule is Cc1oc(=O)oc1OC(=O)O. The molecule has 0 aliphatic carbocycles. The van der Waals surface area contributed by atoms with E-state index in [1.54, 1.807) is 0 Å². The molecular weight excluding hydrogens is 156 g/mol. The average molecular weight is 160 g/mol. The molecule has 0 bridgehead atoms. The Balaban J connectivity index is 2.94. The molecule has 11 heavy (non-hydrogen) atoms. The molecule has 1 aromatic heterocycles. The van der Waals surface area contributed by atoms with Crippen LogP contribution in [0.5, 0.6) is 5.95 Å². The minimum absolute atomic E-state index is 0.00241. The van der Waals surface area contributed by atoms with Gasteiger partial charge in [0.05, 0.1) is 0 Å². The summed E-state index contributed by atoms with van der Waals surface area (Å²) in [5.74, 6) is -1.42. The number of aryl methyl sites for hydroxylation is 1. The third kappa shape index (κ3) is 1.60. The lowest BCUT2D eigenvalue weighted by molar-refractivity contribution is 0.131. The summed E-state index contributed by atoms with van der Waals surface area (Å²) in [4.78, 5) is 20.2. The van der Waals surface area contributed by atoms with E-state index in [0.717, 1.165) is 0 Å². The maximum absolute atomic E-state index is 10.3. The Bertz CT molecular complexity index is 318. The van der Waals surface area contributed by atoms with Gasteiger partial charge in [0, 0.05) is 6.92 Å². The molecule has 1 aromatic rings. The lowest BCUT2D eigenvalue weighted by atomic mass is 10.6. The molecule has 0 saturated carbocycles. The number of carbonyl (C=O) groups is 1. The van der Waals surface area contributed by atoms with Crippen molar-refractivity contribution in [2.75, 3.05) is 0 Å². The third-order valence-corrected chi connectivity index (χ3v) is 0.880. The first kappa shape index (κ1) is 7.39. The third-order valence-electron chi connectivity index (χ3n) is 0.880. The van der Waals surface area contributed by atoms with Crippen LogP contribution in [0.25, 0.3) is 0 Å². The lowest BCUT2D eigenvalue weighted by Gasteiger charge is -1.90. The Kier molecular flexibility index (Phi) is 1.67. The van der Waals surface area contributed by atoms with Gasteiger partial charge in [-0.25, -0.2) is 9.59 Å². The molecule has 60 valence electrons. The second-order valence-corrected chi connectivity index (χ2v) is 1.67. The minimum Gasteiger partial charge on any atom is -0.449 e. The average Bonchev–Trinajstić information content (AvgIpc) is 2.09. The molecule has 0 unspecified atom stereocenters. The fourth-order valence-electron chi connectivity index (χ4n) is 0.507. The Morgan fingerprint density at radius 1 is 1.55 bits per heavy atom. The van der Waals surface area contributed by atoms with Gasteiger partial charge in [-0.3, -0.25) is 0 Å². The summed E-state index contributed by atoms with van der Waals surface area (Å²) in [5.41, 5.74) is 0. The number of carboxylic acid groups (broad SMARTS) is 1. The van der Waals surface area contributed by atoms with E-state index in [9.17, 15) is 9.59 Å². The molecule has 0 aliphatic heterocycles. The van der Waals surface area contributed by atoms with Gasteiger partial charge in [-0.15, -0.1) is 0 Å². The monoisotopic (exact) mass is 160 g/mol. The molecule has 1 rings (SSSR count). The van der Waals surface area contributed by atoms with E-state index in [-0.39, 0.29) is 5.76 Å². The van der Waals surface area contributed by atoms with Crippen molar-refractivity contribution in [1.29, 1.82) is 0 Å². The van der Waals surface area contributed by atoms with Gasteiger partial charge in [0.2, 0.25) is 0 Å². The van der Waals surface area contributed by atoms with Crippen LogP contribution < -0.4 is 10.6 Å². The van der Waals surface area contributed by atoms with Crippen LogP contribution in [0.1, 0.15) is 5.76 Å². The second-order valence-electron chi connectivity index (χ2n) is 1.67. The summed E-state index contributed by atoms with van der Waals surface area (Å²) in [5, 5.41) is 8.07. The molecule has 1 heterocycles. The summed E-state index contributed by atoms with van der Waals surface area (Å²) in [6.07, 6.45) is -1.56. The molecule has 6 heteroatoms. The zero-order valence-corrected chi connectivity index (χ0v) is 5.49. The fraction of sp³-hybridized carbons (Fsp3) is 0.200. The molecule has 1 N–H and O–H groups in total. The van der Waals surface area contributed by atoms with Gasteiger partial charge in [0.1, 0.15) is 0 Å². The van der Waals surface area contributed by atoms with Crippen molar-refractivity contribution in [3.05, 3.63) is 16.4 Å². The predicted molar refractivity (Wildman–Crippen MR) is 30.6 cm³/mol. The number of ether oxygens (including phenoxy) is 1. The largest absolute Gasteiger partial charge is 0.521 e. The van der Waals surface area contributed by atoms with Gasteiger partial charge < -0.3 is 18.7 Å². The van der Waals surface area contributed by atoms with Gasteiger partial charge in [-0.2, -0.15) is 0 Å². The van der Waals surface area contributed by atoms with Crippen LogP contribution in [0.2, 0.25) is 0 Å². The van der Waals surface area contributed by atoms with E-state index in [2.05, 4.69) is 13.6 Å². The van der Waals surface area contributed by atoms with Crippen molar-refractivity contribution < 1.29 is 23.5 Å². The van der Waals surface area contributed by atoms with E-state index < -0.39 is 17.9 Å². The van der Waals surface area contributed by atoms with Crippen LogP contribution >= 0.6 is 0 Å². The van der Waals surface area contributed by atoms with Gasteiger partial charge >= 0.3 is 17.9 Å². The highest BCUT2D eigenvalue weighted by atomic mass is 16.7. The zero-order valence-electron chi connectivity index (χ0n) is 5.49. The van der Waals surface area contributed by atoms with Crippen molar-refractivity contribution in [3.8, 4) is 5.95 Å². The lowest BCUT2D eigenvalue weighted by Crippen LogP contribution is -2.02. The van der Waals surface area contributed by atoms with E-state index >= 15 is 0 Å². The van der Waals surface area contributed by atoms with Crippen LogP contribution in [-0.4, -0.2) is 11.3 Å². The highest BCUT2D eigenvalue weighted by molar-refractivity contribution is 5.60. The van der Waals surface area contributed by atoms with Gasteiger partial charge in [0.15, 0.2) is 5.76 Å². The first-order chi connectivity index (χ1) is 5.09. The first-order valence-corrected chi connectivity index (χ1v) is 2.61. The second kappa shape index (κ2) is 2.49. The Labute approximate surface area is 60.0 Å². The molecule has 0 amide bonds. The first-order valence-electron chi connectivity index (χ1n) is 2.61. The topological polar surface area (TPSA) is 89.9 Å². The van der Waals surface area contributed by atoms with Crippen molar-refractivity contribution >= 4 is 6.16 Å². The van der Waals surface area contributed by atoms with Crippen LogP contribution in [0.4, 0.5) is 4.79 Å². The predicted octanol–water partition coefficient (Wildman–Crippen LogP) is 0.598. The Morgan fingerprint density at radius 2 is 2.18 bits per heavy atom. The van der Waals surface area contributed by atoms with Gasteiger partial charge in [-0.05, 0) is 0 Å². The van der Waals surface area contributed by atoms with E-state index in [1.165, 1.54) is 6.92 Å². The summed E-state index contributed by atoms with van der Waals surface area (Å²) < 4.78 is 12.5. The maximum atomic E-state index is 10.3. The molecule has 0 atom stereocenters. The van der Waals surface area contributed by atoms with Crippen molar-refractivity contribution in [2.45, 2.75) is 6.92 Å². The molecule has 0 aromatic carbocycles. The molecule has 0 spiro atoms. The number of rotatable bonds is 1. The van der Waals surface area contributed by atoms with Gasteiger partial charge in [-0.1, -0.05) is 0 Å². The number of hydrogen-bond acceptors (Lipinski definition) is 5. The molecular formula is C5H4O6. The van der Waals surface area contributed by atoms with Crippen molar-refractivity contribution in [3.63, 3.8) is 0 Å². The standard InChI is InChI=1S/C5H4O6/c1-2-3(10-4(6)7)11-5(8)9-2/h1H3,(H,6,7). The normalized spacial score (nSPS) is 9.55. The summed E-state index contributed by atoms with van der Waals surface area (Å²) in [6.45, 7) is 1.35. The molecule has 0 aliphatic rings. The van der Waals surface area contributed by atoms with Crippen LogP contribution in [-0.2, 0) is 0 Å². The number of hydrogen-bond donors (Lipinski definition) is 1. The molecule has 6 nitrogen and oxygen atoms in total. The van der Waals surface area contributed by atoms with Crippen LogP contribution in [0.3, 0.4) is 0 Å². The molecule has 0 radical (unpaired) electrons. The Morgan fingerprint density at radius 3 is 2.55 bits per heavy atom. The summed E-state index contributed by atoms with van der Waals surface area (Å²) in [6, 6.07) is 0. The summed E-state index contributed by atoms with van der Waals surface area (Å²) >= 11 is 0. The minimum atomic E-state index is -1.56. The van der Waals surface area contributed by atoms with E-state index in [0.29, 0.717) is 0 Å². The van der Waals surface area contributed by atoms with E-state index in [4.69, 9.17) is 5.11 Å². The maximum Gasteiger partial charge on any atom is 0.521 e. The highest BCUT2D eigenvalue weighted by Crippen LogP contribution is 2.14. The fourth-order valence-corrected chi connectivity index (χ4v) is 0.507. The smallest absolute Gasteiger partial charge is 0.449 e. The summed E-state index contributed by atoms with van der Waals surface area (Å²) in [7, 11) is 0.